The van der Waals surface area contributed by atoms with E-state index in [1.807, 2.05) is 12.1 Å². The standard InChI is InChI=1S/C31H35ClN6O2/c1-36-13-4-7-22(36)19-40-31-24(17-33)25-18-38(27-9-3-6-20-5-2-8-26(32)28(20)27)16-12-23(25)30(35-31)37-14-10-21(11-15-37)29(34)39/h2-3,5-6,8-9,21-22H,4,7,10-16,18-19H2,1H3,(H2,34,39)/t22-/m0/s1. The highest BCUT2D eigenvalue weighted by Gasteiger charge is 2.32. The molecule has 2 aromatic carbocycles. The molecule has 1 aromatic heterocycles. The molecular formula is C31H35ClN6O2. The normalized spacial score (nSPS) is 20.0. The van der Waals surface area contributed by atoms with Gasteiger partial charge in [-0.3, -0.25) is 4.79 Å². The number of pyridine rings is 1. The summed E-state index contributed by atoms with van der Waals surface area (Å²) in [6, 6.07) is 15.0. The first-order valence-electron chi connectivity index (χ1n) is 14.2. The Labute approximate surface area is 240 Å². The summed E-state index contributed by atoms with van der Waals surface area (Å²) in [5.74, 6) is 0.947. The predicted molar refractivity (Wildman–Crippen MR) is 158 cm³/mol. The van der Waals surface area contributed by atoms with Gasteiger partial charge in [-0.15, -0.1) is 0 Å². The minimum atomic E-state index is -0.233. The van der Waals surface area contributed by atoms with Crippen LogP contribution < -0.4 is 20.3 Å². The third-order valence-corrected chi connectivity index (χ3v) is 9.22. The van der Waals surface area contributed by atoms with Gasteiger partial charge in [0.15, 0.2) is 0 Å². The SMILES string of the molecule is CN1CCC[C@H]1COc1nc(N2CCC(C(N)=O)CC2)c2c(c1C#N)CN(c1cccc3cccc(Cl)c13)CC2. The van der Waals surface area contributed by atoms with E-state index in [9.17, 15) is 10.1 Å². The van der Waals surface area contributed by atoms with Gasteiger partial charge in [-0.25, -0.2) is 0 Å². The van der Waals surface area contributed by atoms with Crippen molar-refractivity contribution >= 4 is 39.8 Å². The van der Waals surface area contributed by atoms with Crippen molar-refractivity contribution in [3.05, 3.63) is 58.1 Å². The average molecular weight is 559 g/mol. The maximum atomic E-state index is 11.8. The molecule has 1 amide bonds. The highest BCUT2D eigenvalue weighted by Crippen LogP contribution is 2.40. The number of anilines is 2. The fraction of sp³-hybridized carbons (Fsp3) is 0.452. The van der Waals surface area contributed by atoms with Crippen LogP contribution in [-0.4, -0.2) is 61.7 Å². The van der Waals surface area contributed by atoms with Gasteiger partial charge in [0.25, 0.3) is 0 Å². The van der Waals surface area contributed by atoms with Gasteiger partial charge in [0, 0.05) is 60.3 Å². The van der Waals surface area contributed by atoms with Crippen LogP contribution in [0.25, 0.3) is 10.8 Å². The number of piperidine rings is 1. The summed E-state index contributed by atoms with van der Waals surface area (Å²) in [5, 5.41) is 13.2. The van der Waals surface area contributed by atoms with Crippen molar-refractivity contribution in [2.24, 2.45) is 11.7 Å². The molecule has 2 fully saturated rings. The fourth-order valence-electron chi connectivity index (χ4n) is 6.56. The molecule has 0 spiro atoms. The van der Waals surface area contributed by atoms with Gasteiger partial charge in [-0.1, -0.05) is 35.9 Å². The molecule has 0 bridgehead atoms. The van der Waals surface area contributed by atoms with E-state index < -0.39 is 0 Å². The third-order valence-electron chi connectivity index (χ3n) is 8.90. The Kier molecular flexibility index (Phi) is 7.43. The second-order valence-electron chi connectivity index (χ2n) is 11.2. The van der Waals surface area contributed by atoms with Crippen LogP contribution in [-0.2, 0) is 17.8 Å². The van der Waals surface area contributed by atoms with Gasteiger partial charge in [0.05, 0.1) is 5.02 Å². The molecule has 3 aromatic rings. The number of likely N-dealkylation sites (N-methyl/N-ethyl adjacent to an activating group) is 1. The zero-order valence-electron chi connectivity index (χ0n) is 22.9. The highest BCUT2D eigenvalue weighted by atomic mass is 35.5. The van der Waals surface area contributed by atoms with Crippen LogP contribution in [0.15, 0.2) is 36.4 Å². The minimum Gasteiger partial charge on any atom is -0.475 e. The maximum Gasteiger partial charge on any atom is 0.234 e. The lowest BCUT2D eigenvalue weighted by molar-refractivity contribution is -0.122. The van der Waals surface area contributed by atoms with Gasteiger partial charge in [0.2, 0.25) is 11.8 Å². The van der Waals surface area contributed by atoms with Crippen LogP contribution in [0.3, 0.4) is 0 Å². The number of fused-ring (bicyclic) bond motifs is 2. The second kappa shape index (κ2) is 11.1. The molecule has 2 saturated heterocycles. The monoisotopic (exact) mass is 558 g/mol. The number of hydrogen-bond donors (Lipinski definition) is 1. The molecule has 1 atom stereocenters. The summed E-state index contributed by atoms with van der Waals surface area (Å²) in [5.41, 5.74) is 9.25. The highest BCUT2D eigenvalue weighted by molar-refractivity contribution is 6.36. The number of halogens is 1. The number of nitriles is 1. The number of hydrogen-bond acceptors (Lipinski definition) is 7. The third kappa shape index (κ3) is 4.93. The Hall–Kier alpha value is -3.54. The number of amides is 1. The van der Waals surface area contributed by atoms with E-state index in [1.54, 1.807) is 0 Å². The number of nitrogens with zero attached hydrogens (tertiary/aromatic N) is 5. The van der Waals surface area contributed by atoms with Gasteiger partial charge in [-0.2, -0.15) is 10.2 Å². The van der Waals surface area contributed by atoms with Crippen molar-refractivity contribution in [1.29, 1.82) is 5.26 Å². The lowest BCUT2D eigenvalue weighted by atomic mass is 9.92. The Morgan fingerprint density at radius 2 is 1.88 bits per heavy atom. The van der Waals surface area contributed by atoms with Crippen molar-refractivity contribution < 1.29 is 9.53 Å². The van der Waals surface area contributed by atoms with E-state index in [4.69, 9.17) is 27.1 Å². The number of primary amides is 1. The zero-order chi connectivity index (χ0) is 27.8. The molecule has 4 heterocycles. The van der Waals surface area contributed by atoms with Gasteiger partial charge in [0.1, 0.15) is 24.1 Å². The van der Waals surface area contributed by atoms with E-state index in [1.165, 1.54) is 0 Å². The Morgan fingerprint density at radius 1 is 1.10 bits per heavy atom. The van der Waals surface area contributed by atoms with Crippen molar-refractivity contribution in [2.45, 2.75) is 44.7 Å². The molecule has 3 aliphatic rings. The molecule has 8 nitrogen and oxygen atoms in total. The Bertz CT molecular complexity index is 1470. The second-order valence-corrected chi connectivity index (χ2v) is 11.6. The zero-order valence-corrected chi connectivity index (χ0v) is 23.7. The predicted octanol–water partition coefficient (Wildman–Crippen LogP) is 4.50. The van der Waals surface area contributed by atoms with Crippen LogP contribution in [0.1, 0.15) is 42.4 Å². The largest absolute Gasteiger partial charge is 0.475 e. The molecule has 9 heteroatoms. The lowest BCUT2D eigenvalue weighted by Crippen LogP contribution is -2.40. The summed E-state index contributed by atoms with van der Waals surface area (Å²) < 4.78 is 6.35. The lowest BCUT2D eigenvalue weighted by Gasteiger charge is -2.37. The first-order valence-corrected chi connectivity index (χ1v) is 14.6. The van der Waals surface area contributed by atoms with Crippen LogP contribution in [0, 0.1) is 17.2 Å². The van der Waals surface area contributed by atoms with Crippen molar-refractivity contribution in [1.82, 2.24) is 9.88 Å². The van der Waals surface area contributed by atoms with E-state index in [2.05, 4.69) is 52.1 Å². The van der Waals surface area contributed by atoms with Crippen LogP contribution >= 0.6 is 11.6 Å². The van der Waals surface area contributed by atoms with Crippen molar-refractivity contribution in [2.75, 3.05) is 49.6 Å². The van der Waals surface area contributed by atoms with Crippen molar-refractivity contribution in [3.8, 4) is 11.9 Å². The summed E-state index contributed by atoms with van der Waals surface area (Å²) in [6.45, 7) is 4.30. The molecule has 0 unspecified atom stereocenters. The molecule has 6 rings (SSSR count). The van der Waals surface area contributed by atoms with Gasteiger partial charge in [-0.05, 0) is 63.2 Å². The van der Waals surface area contributed by atoms with E-state index in [-0.39, 0.29) is 11.8 Å². The van der Waals surface area contributed by atoms with E-state index in [0.29, 0.717) is 56.6 Å². The molecule has 0 aliphatic carbocycles. The molecule has 2 N–H and O–H groups in total. The fourth-order valence-corrected chi connectivity index (χ4v) is 6.83. The number of carbonyl (C=O) groups excluding carboxylic acids is 1. The molecule has 0 radical (unpaired) electrons. The first kappa shape index (κ1) is 26.7. The smallest absolute Gasteiger partial charge is 0.234 e. The number of rotatable bonds is 6. The topological polar surface area (TPSA) is 98.7 Å². The summed E-state index contributed by atoms with van der Waals surface area (Å²) in [4.78, 5) is 23.7. The maximum absolute atomic E-state index is 11.8. The molecule has 3 aliphatic heterocycles. The molecular weight excluding hydrogens is 524 g/mol. The molecule has 0 saturated carbocycles. The quantitative estimate of drug-likeness (QED) is 0.475. The van der Waals surface area contributed by atoms with Gasteiger partial charge >= 0.3 is 0 Å². The van der Waals surface area contributed by atoms with Crippen LogP contribution in [0.2, 0.25) is 5.02 Å². The number of nitrogens with two attached hydrogens (primary N) is 1. The summed E-state index contributed by atoms with van der Waals surface area (Å²) in [6.07, 6.45) is 4.38. The van der Waals surface area contributed by atoms with Crippen LogP contribution in [0.5, 0.6) is 5.88 Å². The number of carbonyl (C=O) groups is 1. The number of benzene rings is 2. The van der Waals surface area contributed by atoms with Crippen molar-refractivity contribution in [3.63, 3.8) is 0 Å². The molecule has 208 valence electrons. The van der Waals surface area contributed by atoms with Crippen LogP contribution in [0.4, 0.5) is 11.5 Å². The average Bonchev–Trinajstić information content (AvgIpc) is 3.39. The first-order chi connectivity index (χ1) is 19.4. The molecule has 40 heavy (non-hydrogen) atoms. The minimum absolute atomic E-state index is 0.106. The number of aromatic nitrogens is 1. The van der Waals surface area contributed by atoms with Gasteiger partial charge < -0.3 is 25.2 Å². The Balaban J connectivity index is 1.39. The summed E-state index contributed by atoms with van der Waals surface area (Å²) >= 11 is 6.69. The Morgan fingerprint density at radius 3 is 2.58 bits per heavy atom. The van der Waals surface area contributed by atoms with E-state index in [0.717, 1.165) is 70.8 Å². The van der Waals surface area contributed by atoms with E-state index >= 15 is 0 Å². The number of likely N-dealkylation sites (tertiary alicyclic amines) is 1. The summed E-state index contributed by atoms with van der Waals surface area (Å²) in [7, 11) is 2.12. The number of ether oxygens (including phenoxy) is 1.